The van der Waals surface area contributed by atoms with Crippen LogP contribution in [-0.4, -0.2) is 43.2 Å². The van der Waals surface area contributed by atoms with Crippen LogP contribution >= 0.6 is 0 Å². The summed E-state index contributed by atoms with van der Waals surface area (Å²) in [5.74, 6) is 2.43. The van der Waals surface area contributed by atoms with E-state index in [9.17, 15) is 0 Å². The van der Waals surface area contributed by atoms with Gasteiger partial charge in [0.05, 0.1) is 55.5 Å². The molecular formula is C121H71N9O4. The summed E-state index contributed by atoms with van der Waals surface area (Å²) in [5, 5.41) is 18.0. The van der Waals surface area contributed by atoms with Crippen LogP contribution < -0.4 is 0 Å². The van der Waals surface area contributed by atoms with Crippen molar-refractivity contribution in [2.45, 2.75) is 0 Å². The molecule has 29 rings (SSSR count). The Balaban J connectivity index is 0.000000134. The van der Waals surface area contributed by atoms with E-state index in [-0.39, 0.29) is 0 Å². The number of aromatic nitrogens is 9. The number of furan rings is 4. The monoisotopic (exact) mass is 1710 g/mol. The van der Waals surface area contributed by atoms with Gasteiger partial charge in [-0.05, 0) is 150 Å². The van der Waals surface area contributed by atoms with Crippen molar-refractivity contribution >= 4 is 175 Å². The lowest BCUT2D eigenvalue weighted by Gasteiger charge is -2.12. The maximum atomic E-state index is 6.55. The van der Waals surface area contributed by atoms with Crippen LogP contribution in [0.3, 0.4) is 0 Å². The fourth-order valence-corrected chi connectivity index (χ4v) is 20.6. The van der Waals surface area contributed by atoms with Gasteiger partial charge in [0, 0.05) is 155 Å². The fourth-order valence-electron chi connectivity index (χ4n) is 20.6. The highest BCUT2D eigenvalue weighted by Crippen LogP contribution is 2.48. The molecule has 0 saturated heterocycles. The van der Waals surface area contributed by atoms with Gasteiger partial charge in [0.1, 0.15) is 44.7 Å². The summed E-state index contributed by atoms with van der Waals surface area (Å²) in [6.45, 7) is 0. The van der Waals surface area contributed by atoms with Crippen LogP contribution in [0.1, 0.15) is 0 Å². The third-order valence-electron chi connectivity index (χ3n) is 26.9. The lowest BCUT2D eigenvalue weighted by atomic mass is 10.0. The molecule has 0 aliphatic carbocycles. The summed E-state index contributed by atoms with van der Waals surface area (Å²) in [6.07, 6.45) is 0. The number of fused-ring (bicyclic) bond motifs is 24. The van der Waals surface area contributed by atoms with Gasteiger partial charge in [-0.15, -0.1) is 0 Å². The van der Waals surface area contributed by atoms with Crippen LogP contribution in [-0.2, 0) is 0 Å². The average molecular weight is 1710 g/mol. The molecular weight excluding hydrogens is 1640 g/mol. The summed E-state index contributed by atoms with van der Waals surface area (Å²) in [4.78, 5) is 25.8. The summed E-state index contributed by atoms with van der Waals surface area (Å²) >= 11 is 0. The highest BCUT2D eigenvalue weighted by atomic mass is 16.3. The van der Waals surface area contributed by atoms with E-state index in [1.807, 2.05) is 121 Å². The molecule has 624 valence electrons. The maximum absolute atomic E-state index is 6.55. The third kappa shape index (κ3) is 11.9. The fraction of sp³-hybridized carbons (Fsp3) is 0. The Morgan fingerprint density at radius 3 is 0.828 bits per heavy atom. The third-order valence-corrected chi connectivity index (χ3v) is 26.9. The van der Waals surface area contributed by atoms with Crippen molar-refractivity contribution in [3.05, 3.63) is 431 Å². The van der Waals surface area contributed by atoms with Crippen LogP contribution in [0.5, 0.6) is 0 Å². The Morgan fingerprint density at radius 2 is 0.425 bits per heavy atom. The number of hydrogen-bond donors (Lipinski definition) is 0. The van der Waals surface area contributed by atoms with Crippen molar-refractivity contribution in [3.8, 4) is 102 Å². The SMILES string of the molecule is c1ccc(-c2cc(-c3ccccc3)nc(-n3c4ccc(-c5ccc6c7cc8c(cc7n(-c7ccccc7)c6c5)oc5ccccc58)cc4c4cc5c(cc43)oc3ccccc35)n2)cc1.c1ccc(-c2nc(-c3ccccc3)nc(-c3cccc(-n4c5cc(-c6ccc7c(c6)c6cc8c(cc6n7-c6ccccc6)oc6ccccc68)ccc5c5cc6c(cc54)oc4ccccc46)c3)n2)cc1. The maximum Gasteiger partial charge on any atom is 0.235 e. The van der Waals surface area contributed by atoms with Crippen LogP contribution in [0.2, 0.25) is 0 Å². The Morgan fingerprint density at radius 1 is 0.142 bits per heavy atom. The van der Waals surface area contributed by atoms with Crippen LogP contribution in [0.25, 0.3) is 277 Å². The predicted octanol–water partition coefficient (Wildman–Crippen LogP) is 32.0. The molecule has 10 aromatic heterocycles. The Labute approximate surface area is 763 Å². The molecule has 29 aromatic rings. The molecule has 0 saturated carbocycles. The minimum absolute atomic E-state index is 0.593. The van der Waals surface area contributed by atoms with Gasteiger partial charge in [-0.2, -0.15) is 0 Å². The van der Waals surface area contributed by atoms with E-state index < -0.39 is 0 Å². The molecule has 0 fully saturated rings. The minimum atomic E-state index is 0.593. The highest BCUT2D eigenvalue weighted by molar-refractivity contribution is 6.23. The summed E-state index contributed by atoms with van der Waals surface area (Å²) < 4.78 is 35.2. The number of rotatable bonds is 11. The van der Waals surface area contributed by atoms with Crippen molar-refractivity contribution in [1.29, 1.82) is 0 Å². The standard InChI is InChI=1S/C63H37N5O2.C58H34N4O2/c1-4-15-38(16-5-1)61-64-62(39-17-6-2-7-18-39)66-63(65-61)42-19-14-22-44(31-42)68-54-33-41(27-29-45(54)49-34-51-46-23-10-12-25-57(46)69-59(51)36-55(49)68)40-28-30-53-48(32-40)50-35-52-47-24-11-13-26-58(47)70-60(52)37-56(50)67(53)43-20-8-3-9-21-43;1-4-14-35(15-5-1)48-32-49(36-16-6-2-7-17-36)60-58(59-48)62-50-27-25-37(28-43(50)45-31-47-42-21-11-13-23-55(42)64-57(47)34-53(45)62)38-24-26-40-44-30-46-41-20-10-12-22-54(41)63-56(46)33-52(44)61(51(40)29-38)39-18-8-3-9-19-39/h1-37H;1-34H. The molecule has 0 atom stereocenters. The zero-order chi connectivity index (χ0) is 87.7. The first kappa shape index (κ1) is 74.7. The van der Waals surface area contributed by atoms with E-state index in [1.54, 1.807) is 0 Å². The average Bonchev–Trinajstić information content (AvgIpc) is 1.56. The lowest BCUT2D eigenvalue weighted by molar-refractivity contribution is 0.669. The van der Waals surface area contributed by atoms with Gasteiger partial charge >= 0.3 is 0 Å². The molecule has 0 N–H and O–H groups in total. The highest BCUT2D eigenvalue weighted by Gasteiger charge is 2.27. The van der Waals surface area contributed by atoms with E-state index in [2.05, 4.69) is 328 Å². The number of hydrogen-bond acceptors (Lipinski definition) is 9. The quantitative estimate of drug-likeness (QED) is 0.124. The second-order valence-electron chi connectivity index (χ2n) is 34.6. The van der Waals surface area contributed by atoms with Gasteiger partial charge in [0.25, 0.3) is 0 Å². The Bertz CT molecular complexity index is 9780. The molecule has 10 heterocycles. The first-order chi connectivity index (χ1) is 66.4. The number of para-hydroxylation sites is 6. The minimum Gasteiger partial charge on any atom is -0.456 e. The second kappa shape index (κ2) is 29.6. The van der Waals surface area contributed by atoms with Gasteiger partial charge < -0.3 is 31.4 Å². The number of benzene rings is 19. The van der Waals surface area contributed by atoms with E-state index in [4.69, 9.17) is 42.6 Å². The molecule has 13 heteroatoms. The van der Waals surface area contributed by atoms with E-state index in [0.717, 1.165) is 232 Å². The van der Waals surface area contributed by atoms with Gasteiger partial charge in [-0.1, -0.05) is 279 Å². The molecule has 0 aliphatic rings. The molecule has 0 unspecified atom stereocenters. The van der Waals surface area contributed by atoms with Gasteiger partial charge in [0.2, 0.25) is 5.95 Å². The topological polar surface area (TPSA) is 137 Å². The van der Waals surface area contributed by atoms with Crippen molar-refractivity contribution in [3.63, 3.8) is 0 Å². The Hall–Kier alpha value is -18.3. The van der Waals surface area contributed by atoms with E-state index in [1.165, 1.54) is 21.5 Å². The zero-order valence-electron chi connectivity index (χ0n) is 71.6. The zero-order valence-corrected chi connectivity index (χ0v) is 71.6. The van der Waals surface area contributed by atoms with E-state index >= 15 is 0 Å². The molecule has 0 aliphatic heterocycles. The smallest absolute Gasteiger partial charge is 0.235 e. The van der Waals surface area contributed by atoms with Gasteiger partial charge in [0.15, 0.2) is 17.5 Å². The Kier molecular flexibility index (Phi) is 16.5. The summed E-state index contributed by atoms with van der Waals surface area (Å²) in [5.41, 5.74) is 29.6. The normalized spacial score (nSPS) is 12.0. The van der Waals surface area contributed by atoms with Crippen molar-refractivity contribution in [2.75, 3.05) is 0 Å². The molecule has 0 radical (unpaired) electrons. The van der Waals surface area contributed by atoms with Crippen molar-refractivity contribution in [2.24, 2.45) is 0 Å². The first-order valence-electron chi connectivity index (χ1n) is 45.0. The molecule has 0 bridgehead atoms. The van der Waals surface area contributed by atoms with Gasteiger partial charge in [-0.25, -0.2) is 24.9 Å². The van der Waals surface area contributed by atoms with Crippen LogP contribution in [0.4, 0.5) is 0 Å². The number of nitrogens with zero attached hydrogens (tertiary/aromatic N) is 9. The summed E-state index contributed by atoms with van der Waals surface area (Å²) in [7, 11) is 0. The van der Waals surface area contributed by atoms with Crippen LogP contribution in [0, 0.1) is 0 Å². The molecule has 19 aromatic carbocycles. The largest absolute Gasteiger partial charge is 0.456 e. The lowest BCUT2D eigenvalue weighted by Crippen LogP contribution is -2.04. The molecule has 0 spiro atoms. The van der Waals surface area contributed by atoms with Gasteiger partial charge in [-0.3, -0.25) is 4.57 Å². The first-order valence-corrected chi connectivity index (χ1v) is 45.0. The van der Waals surface area contributed by atoms with Crippen molar-refractivity contribution in [1.82, 2.24) is 43.2 Å². The predicted molar refractivity (Wildman–Crippen MR) is 546 cm³/mol. The molecule has 134 heavy (non-hydrogen) atoms. The van der Waals surface area contributed by atoms with Crippen LogP contribution in [0.15, 0.2) is 448 Å². The summed E-state index contributed by atoms with van der Waals surface area (Å²) in [6, 6.07) is 151. The molecule has 13 nitrogen and oxygen atoms in total. The second-order valence-corrected chi connectivity index (χ2v) is 34.6. The van der Waals surface area contributed by atoms with E-state index in [0.29, 0.717) is 23.4 Å². The van der Waals surface area contributed by atoms with Crippen molar-refractivity contribution < 1.29 is 17.7 Å². The molecule has 0 amide bonds.